The summed E-state index contributed by atoms with van der Waals surface area (Å²) in [7, 11) is -3.67. The van der Waals surface area contributed by atoms with Crippen molar-refractivity contribution in [2.24, 2.45) is 0 Å². The molecule has 0 bridgehead atoms. The molecule has 0 fully saturated rings. The summed E-state index contributed by atoms with van der Waals surface area (Å²) >= 11 is 0. The second-order valence-corrected chi connectivity index (χ2v) is 7.93. The lowest BCUT2D eigenvalue weighted by molar-refractivity contribution is 0.303. The highest BCUT2D eigenvalue weighted by Gasteiger charge is 2.19. The zero-order chi connectivity index (χ0) is 18.6. The van der Waals surface area contributed by atoms with Crippen molar-refractivity contribution in [2.45, 2.75) is 52.4 Å². The van der Waals surface area contributed by atoms with E-state index in [4.69, 9.17) is 4.74 Å². The molecule has 136 valence electrons. The molecule has 5 nitrogen and oxygen atoms in total. The molecule has 0 saturated heterocycles. The summed E-state index contributed by atoms with van der Waals surface area (Å²) in [5.74, 6) is 1.09. The van der Waals surface area contributed by atoms with Gasteiger partial charge in [-0.05, 0) is 57.4 Å². The van der Waals surface area contributed by atoms with Crippen molar-refractivity contribution in [3.63, 3.8) is 0 Å². The van der Waals surface area contributed by atoms with Gasteiger partial charge in [0, 0.05) is 0 Å². The first-order chi connectivity index (χ1) is 11.8. The molecule has 25 heavy (non-hydrogen) atoms. The molecule has 1 N–H and O–H groups in total. The summed E-state index contributed by atoms with van der Waals surface area (Å²) in [5, 5.41) is 0. The minimum Gasteiger partial charge on any atom is -0.491 e. The minimum absolute atomic E-state index is 0.220. The zero-order valence-corrected chi connectivity index (χ0v) is 16.3. The molecule has 6 heteroatoms. The number of aromatic nitrogens is 1. The molecule has 0 radical (unpaired) electrons. The number of ether oxygens (including phenoxy) is 1. The standard InChI is InChI=1S/C19H26N2O3S/c1-6-7-12-24-18-14(3)15(4)19(20-16(18)5)21-25(22,23)17-10-8-13(2)9-11-17/h8-11H,6-7,12H2,1-5H3,(H,20,21). The van der Waals surface area contributed by atoms with Gasteiger partial charge in [0.05, 0.1) is 17.2 Å². The topological polar surface area (TPSA) is 68.3 Å². The SMILES string of the molecule is CCCCOc1c(C)nc(NS(=O)(=O)c2ccc(C)cc2)c(C)c1C. The zero-order valence-electron chi connectivity index (χ0n) is 15.5. The molecule has 0 aliphatic heterocycles. The fraction of sp³-hybridized carbons (Fsp3) is 0.421. The summed E-state index contributed by atoms with van der Waals surface area (Å²) in [6.07, 6.45) is 2.03. The number of hydrogen-bond donors (Lipinski definition) is 1. The average Bonchev–Trinajstić information content (AvgIpc) is 2.56. The normalized spacial score (nSPS) is 11.4. The summed E-state index contributed by atoms with van der Waals surface area (Å²) in [6, 6.07) is 6.73. The van der Waals surface area contributed by atoms with Crippen molar-refractivity contribution in [3.05, 3.63) is 46.6 Å². The molecule has 2 rings (SSSR count). The molecule has 1 aromatic heterocycles. The van der Waals surface area contributed by atoms with E-state index in [1.165, 1.54) is 0 Å². The van der Waals surface area contributed by atoms with Crippen LogP contribution in [-0.2, 0) is 10.0 Å². The van der Waals surface area contributed by atoms with Gasteiger partial charge >= 0.3 is 0 Å². The van der Waals surface area contributed by atoms with Gasteiger partial charge in [-0.1, -0.05) is 31.0 Å². The molecular weight excluding hydrogens is 336 g/mol. The van der Waals surface area contributed by atoms with Gasteiger partial charge in [0.25, 0.3) is 10.0 Å². The molecule has 1 aromatic carbocycles. The average molecular weight is 362 g/mol. The number of nitrogens with one attached hydrogen (secondary N) is 1. The highest BCUT2D eigenvalue weighted by molar-refractivity contribution is 7.92. The molecule has 0 aliphatic rings. The Kier molecular flexibility index (Phi) is 6.06. The smallest absolute Gasteiger partial charge is 0.263 e. The Labute approximate surface area is 150 Å². The summed E-state index contributed by atoms with van der Waals surface area (Å²) < 4.78 is 33.6. The molecule has 0 amide bonds. The van der Waals surface area contributed by atoms with Gasteiger partial charge in [-0.15, -0.1) is 0 Å². The van der Waals surface area contributed by atoms with Crippen LogP contribution >= 0.6 is 0 Å². The predicted molar refractivity (Wildman–Crippen MR) is 101 cm³/mol. The summed E-state index contributed by atoms with van der Waals surface area (Å²) in [6.45, 7) is 10.3. The van der Waals surface area contributed by atoms with Crippen LogP contribution < -0.4 is 9.46 Å². The highest BCUT2D eigenvalue weighted by atomic mass is 32.2. The van der Waals surface area contributed by atoms with E-state index >= 15 is 0 Å². The lowest BCUT2D eigenvalue weighted by Gasteiger charge is -2.17. The van der Waals surface area contributed by atoms with E-state index in [0.717, 1.165) is 35.3 Å². The first-order valence-corrected chi connectivity index (χ1v) is 9.94. The van der Waals surface area contributed by atoms with Crippen LogP contribution in [0, 0.1) is 27.7 Å². The van der Waals surface area contributed by atoms with Crippen LogP contribution in [-0.4, -0.2) is 20.0 Å². The van der Waals surface area contributed by atoms with Gasteiger partial charge in [0.2, 0.25) is 0 Å². The third kappa shape index (κ3) is 4.51. The van der Waals surface area contributed by atoms with Gasteiger partial charge in [-0.25, -0.2) is 13.4 Å². The largest absolute Gasteiger partial charge is 0.491 e. The van der Waals surface area contributed by atoms with E-state index in [1.807, 2.05) is 27.7 Å². The van der Waals surface area contributed by atoms with Gasteiger partial charge in [-0.2, -0.15) is 0 Å². The summed E-state index contributed by atoms with van der Waals surface area (Å²) in [4.78, 5) is 4.65. The Hall–Kier alpha value is -2.08. The number of benzene rings is 1. The van der Waals surface area contributed by atoms with Crippen LogP contribution in [0.25, 0.3) is 0 Å². The van der Waals surface area contributed by atoms with Crippen molar-refractivity contribution in [2.75, 3.05) is 11.3 Å². The number of rotatable bonds is 7. The molecule has 0 spiro atoms. The van der Waals surface area contributed by atoms with E-state index in [9.17, 15) is 8.42 Å². The molecule has 0 atom stereocenters. The molecular formula is C19H26N2O3S. The fourth-order valence-electron chi connectivity index (χ4n) is 2.46. The van der Waals surface area contributed by atoms with Crippen molar-refractivity contribution in [1.82, 2.24) is 4.98 Å². The maximum Gasteiger partial charge on any atom is 0.263 e. The third-order valence-corrected chi connectivity index (χ3v) is 5.53. The Morgan fingerprint density at radius 2 is 1.68 bits per heavy atom. The summed E-state index contributed by atoms with van der Waals surface area (Å²) in [5.41, 5.74) is 3.37. The van der Waals surface area contributed by atoms with Gasteiger partial charge in [0.1, 0.15) is 11.6 Å². The minimum atomic E-state index is -3.67. The fourth-order valence-corrected chi connectivity index (χ4v) is 3.52. The Balaban J connectivity index is 2.32. The molecule has 1 heterocycles. The first-order valence-electron chi connectivity index (χ1n) is 8.46. The lowest BCUT2D eigenvalue weighted by Crippen LogP contribution is -2.16. The van der Waals surface area contributed by atoms with Crippen LogP contribution in [0.2, 0.25) is 0 Å². The van der Waals surface area contributed by atoms with Gasteiger partial charge in [-0.3, -0.25) is 4.72 Å². The van der Waals surface area contributed by atoms with Crippen molar-refractivity contribution in [3.8, 4) is 5.75 Å². The second kappa shape index (κ2) is 7.87. The van der Waals surface area contributed by atoms with Crippen molar-refractivity contribution >= 4 is 15.8 Å². The molecule has 0 saturated carbocycles. The van der Waals surface area contributed by atoms with Crippen molar-refractivity contribution < 1.29 is 13.2 Å². The molecule has 0 unspecified atom stereocenters. The maximum atomic E-state index is 12.6. The van der Waals surface area contributed by atoms with Crippen LogP contribution in [0.3, 0.4) is 0 Å². The predicted octanol–water partition coefficient (Wildman–Crippen LogP) is 4.29. The van der Waals surface area contributed by atoms with E-state index in [1.54, 1.807) is 24.3 Å². The van der Waals surface area contributed by atoms with E-state index in [-0.39, 0.29) is 4.90 Å². The molecule has 0 aliphatic carbocycles. The number of aryl methyl sites for hydroxylation is 2. The quantitative estimate of drug-likeness (QED) is 0.746. The van der Waals surface area contributed by atoms with E-state index in [2.05, 4.69) is 16.6 Å². The van der Waals surface area contributed by atoms with Crippen LogP contribution in [0.5, 0.6) is 5.75 Å². The van der Waals surface area contributed by atoms with Crippen LogP contribution in [0.15, 0.2) is 29.2 Å². The van der Waals surface area contributed by atoms with Crippen molar-refractivity contribution in [1.29, 1.82) is 0 Å². The van der Waals surface area contributed by atoms with E-state index < -0.39 is 10.0 Å². The third-order valence-electron chi connectivity index (χ3n) is 4.17. The first kappa shape index (κ1) is 19.2. The van der Waals surface area contributed by atoms with Crippen LogP contribution in [0.4, 0.5) is 5.82 Å². The number of hydrogen-bond acceptors (Lipinski definition) is 4. The Bertz CT molecular complexity index is 844. The maximum absolute atomic E-state index is 12.6. The van der Waals surface area contributed by atoms with Gasteiger partial charge < -0.3 is 4.74 Å². The second-order valence-electron chi connectivity index (χ2n) is 6.25. The number of nitrogens with zero attached hydrogens (tertiary/aromatic N) is 1. The Morgan fingerprint density at radius 3 is 2.28 bits per heavy atom. The number of pyridine rings is 1. The highest BCUT2D eigenvalue weighted by Crippen LogP contribution is 2.30. The van der Waals surface area contributed by atoms with E-state index in [0.29, 0.717) is 18.1 Å². The number of unbranched alkanes of at least 4 members (excludes halogenated alkanes) is 1. The van der Waals surface area contributed by atoms with Gasteiger partial charge in [0.15, 0.2) is 0 Å². The monoisotopic (exact) mass is 362 g/mol. The number of anilines is 1. The lowest BCUT2D eigenvalue weighted by atomic mass is 10.1. The van der Waals surface area contributed by atoms with Crippen LogP contribution in [0.1, 0.15) is 42.1 Å². The Morgan fingerprint density at radius 1 is 1.04 bits per heavy atom. The number of sulfonamides is 1. The molecule has 2 aromatic rings.